The van der Waals surface area contributed by atoms with Crippen LogP contribution in [0, 0.1) is 13.8 Å². The van der Waals surface area contributed by atoms with E-state index < -0.39 is 5.60 Å². The highest BCUT2D eigenvalue weighted by atomic mass is 16.6. The smallest absolute Gasteiger partial charge is 0.410 e. The number of ether oxygens (including phenoxy) is 1. The summed E-state index contributed by atoms with van der Waals surface area (Å²) in [6.45, 7) is 4.53. The van der Waals surface area contributed by atoms with Crippen LogP contribution in [0.25, 0.3) is 0 Å². The minimum absolute atomic E-state index is 0.0668. The number of fused-ring (bicyclic) bond motifs is 2. The van der Waals surface area contributed by atoms with Gasteiger partial charge in [0.15, 0.2) is 0 Å². The number of aliphatic hydroxyl groups is 1. The van der Waals surface area contributed by atoms with E-state index in [2.05, 4.69) is 32.0 Å². The molecule has 28 heavy (non-hydrogen) atoms. The average molecular weight is 380 g/mol. The van der Waals surface area contributed by atoms with Gasteiger partial charge in [-0.1, -0.05) is 48.5 Å². The summed E-state index contributed by atoms with van der Waals surface area (Å²) in [5.41, 5.74) is 3.97. The molecule has 2 bridgehead atoms. The molecule has 4 nitrogen and oxygen atoms in total. The van der Waals surface area contributed by atoms with Crippen LogP contribution in [0.3, 0.4) is 0 Å². The summed E-state index contributed by atoms with van der Waals surface area (Å²) >= 11 is 0. The van der Waals surface area contributed by atoms with Crippen molar-refractivity contribution in [3.63, 3.8) is 0 Å². The Morgan fingerprint density at radius 2 is 1.75 bits per heavy atom. The van der Waals surface area contributed by atoms with E-state index in [4.69, 9.17) is 4.74 Å². The molecule has 2 aliphatic heterocycles. The maximum absolute atomic E-state index is 12.7. The highest BCUT2D eigenvalue weighted by Crippen LogP contribution is 2.43. The third kappa shape index (κ3) is 3.79. The van der Waals surface area contributed by atoms with E-state index in [-0.39, 0.29) is 18.2 Å². The van der Waals surface area contributed by atoms with Gasteiger partial charge in [0.25, 0.3) is 0 Å². The SMILES string of the molecule is Cc1cccc(CC2(O)CC3CCC(C2)N3C(=O)OCc2ccccc2)c1C. The fourth-order valence-corrected chi connectivity index (χ4v) is 4.92. The highest BCUT2D eigenvalue weighted by molar-refractivity contribution is 5.69. The topological polar surface area (TPSA) is 49.8 Å². The highest BCUT2D eigenvalue weighted by Gasteiger charge is 2.49. The van der Waals surface area contributed by atoms with Crippen molar-refractivity contribution in [3.05, 3.63) is 70.8 Å². The number of carbonyl (C=O) groups is 1. The van der Waals surface area contributed by atoms with Crippen molar-refractivity contribution in [2.45, 2.75) is 70.2 Å². The van der Waals surface area contributed by atoms with E-state index in [1.165, 1.54) is 16.7 Å². The Labute approximate surface area is 167 Å². The minimum atomic E-state index is -0.749. The average Bonchev–Trinajstić information content (AvgIpc) is 2.97. The Morgan fingerprint density at radius 3 is 2.43 bits per heavy atom. The van der Waals surface area contributed by atoms with Crippen molar-refractivity contribution < 1.29 is 14.6 Å². The summed E-state index contributed by atoms with van der Waals surface area (Å²) in [6, 6.07) is 16.2. The zero-order valence-corrected chi connectivity index (χ0v) is 16.7. The van der Waals surface area contributed by atoms with Crippen LogP contribution in [-0.2, 0) is 17.8 Å². The summed E-state index contributed by atoms with van der Waals surface area (Å²) in [4.78, 5) is 14.6. The summed E-state index contributed by atoms with van der Waals surface area (Å²) in [6.07, 6.45) is 3.54. The largest absolute Gasteiger partial charge is 0.445 e. The second-order valence-electron chi connectivity index (χ2n) is 8.50. The molecule has 1 N–H and O–H groups in total. The maximum atomic E-state index is 12.7. The van der Waals surface area contributed by atoms with Gasteiger partial charge < -0.3 is 14.7 Å². The van der Waals surface area contributed by atoms with E-state index in [9.17, 15) is 9.90 Å². The van der Waals surface area contributed by atoms with Gasteiger partial charge in [-0.15, -0.1) is 0 Å². The summed E-state index contributed by atoms with van der Waals surface area (Å²) < 4.78 is 5.58. The van der Waals surface area contributed by atoms with Gasteiger partial charge >= 0.3 is 6.09 Å². The molecule has 2 heterocycles. The number of piperidine rings is 1. The Balaban J connectivity index is 1.42. The Kier molecular flexibility index (Phi) is 5.15. The third-order valence-electron chi connectivity index (χ3n) is 6.50. The number of carbonyl (C=O) groups excluding carboxylic acids is 1. The molecule has 2 aromatic carbocycles. The number of rotatable bonds is 4. The zero-order chi connectivity index (χ0) is 19.7. The number of amides is 1. The van der Waals surface area contributed by atoms with Gasteiger partial charge in [0.05, 0.1) is 5.60 Å². The first-order valence-corrected chi connectivity index (χ1v) is 10.2. The molecule has 2 aliphatic rings. The van der Waals surface area contributed by atoms with Gasteiger partial charge in [-0.3, -0.25) is 0 Å². The minimum Gasteiger partial charge on any atom is -0.445 e. The quantitative estimate of drug-likeness (QED) is 0.848. The van der Waals surface area contributed by atoms with Crippen LogP contribution >= 0.6 is 0 Å². The van der Waals surface area contributed by atoms with Crippen molar-refractivity contribution in [1.82, 2.24) is 4.90 Å². The van der Waals surface area contributed by atoms with E-state index in [1.54, 1.807) is 0 Å². The molecule has 0 saturated carbocycles. The molecule has 0 aromatic heterocycles. The van der Waals surface area contributed by atoms with E-state index in [0.717, 1.165) is 18.4 Å². The molecule has 2 unspecified atom stereocenters. The molecule has 2 fully saturated rings. The van der Waals surface area contributed by atoms with Crippen LogP contribution in [0.4, 0.5) is 4.79 Å². The predicted molar refractivity (Wildman–Crippen MR) is 109 cm³/mol. The van der Waals surface area contributed by atoms with Gasteiger partial charge in [0.2, 0.25) is 0 Å². The number of aryl methyl sites for hydroxylation is 1. The molecule has 0 aliphatic carbocycles. The maximum Gasteiger partial charge on any atom is 0.410 e. The van der Waals surface area contributed by atoms with Gasteiger partial charge in [0.1, 0.15) is 6.61 Å². The molecule has 2 saturated heterocycles. The standard InChI is InChI=1S/C24H29NO3/c1-17-7-6-10-20(18(17)2)13-24(27)14-21-11-12-22(15-24)25(21)23(26)28-16-19-8-4-3-5-9-19/h3-10,21-22,27H,11-16H2,1-2H3. The van der Waals surface area contributed by atoms with Crippen LogP contribution in [0.1, 0.15) is 47.9 Å². The molecule has 0 spiro atoms. The molecular weight excluding hydrogens is 350 g/mol. The van der Waals surface area contributed by atoms with Gasteiger partial charge in [-0.05, 0) is 61.8 Å². The second-order valence-corrected chi connectivity index (χ2v) is 8.50. The third-order valence-corrected chi connectivity index (χ3v) is 6.50. The molecular formula is C24H29NO3. The van der Waals surface area contributed by atoms with Crippen molar-refractivity contribution in [2.24, 2.45) is 0 Å². The van der Waals surface area contributed by atoms with Crippen molar-refractivity contribution in [1.29, 1.82) is 0 Å². The van der Waals surface area contributed by atoms with E-state index in [0.29, 0.717) is 25.9 Å². The Hall–Kier alpha value is -2.33. The first-order valence-electron chi connectivity index (χ1n) is 10.2. The zero-order valence-electron chi connectivity index (χ0n) is 16.7. The molecule has 148 valence electrons. The first kappa shape index (κ1) is 19.0. The van der Waals surface area contributed by atoms with Crippen LogP contribution in [0.2, 0.25) is 0 Å². The number of hydrogen-bond donors (Lipinski definition) is 1. The summed E-state index contributed by atoms with van der Waals surface area (Å²) in [5, 5.41) is 11.3. The van der Waals surface area contributed by atoms with E-state index in [1.807, 2.05) is 35.2 Å². The number of benzene rings is 2. The van der Waals surface area contributed by atoms with E-state index >= 15 is 0 Å². The van der Waals surface area contributed by atoms with Gasteiger partial charge in [-0.25, -0.2) is 4.79 Å². The fourth-order valence-electron chi connectivity index (χ4n) is 4.92. The predicted octanol–water partition coefficient (Wildman–Crippen LogP) is 4.54. The molecule has 0 radical (unpaired) electrons. The lowest BCUT2D eigenvalue weighted by atomic mass is 9.80. The summed E-state index contributed by atoms with van der Waals surface area (Å²) in [5.74, 6) is 0. The monoisotopic (exact) mass is 379 g/mol. The van der Waals surface area contributed by atoms with Gasteiger partial charge in [-0.2, -0.15) is 0 Å². The van der Waals surface area contributed by atoms with Crippen LogP contribution in [-0.4, -0.2) is 33.8 Å². The lowest BCUT2D eigenvalue weighted by Gasteiger charge is -2.43. The van der Waals surface area contributed by atoms with Gasteiger partial charge in [0, 0.05) is 18.5 Å². The van der Waals surface area contributed by atoms with Crippen LogP contribution in [0.15, 0.2) is 48.5 Å². The van der Waals surface area contributed by atoms with Crippen LogP contribution < -0.4 is 0 Å². The number of hydrogen-bond acceptors (Lipinski definition) is 3. The number of nitrogens with zero attached hydrogens (tertiary/aromatic N) is 1. The second kappa shape index (κ2) is 7.59. The molecule has 2 atom stereocenters. The Bertz CT molecular complexity index is 834. The first-order chi connectivity index (χ1) is 13.5. The lowest BCUT2D eigenvalue weighted by Crippen LogP contribution is -2.54. The fraction of sp³-hybridized carbons (Fsp3) is 0.458. The van der Waals surface area contributed by atoms with Crippen LogP contribution in [0.5, 0.6) is 0 Å². The summed E-state index contributed by atoms with van der Waals surface area (Å²) in [7, 11) is 0. The molecule has 2 aromatic rings. The lowest BCUT2D eigenvalue weighted by molar-refractivity contribution is -0.0486. The van der Waals surface area contributed by atoms with Crippen molar-refractivity contribution in [3.8, 4) is 0 Å². The Morgan fingerprint density at radius 1 is 1.07 bits per heavy atom. The van der Waals surface area contributed by atoms with Crippen molar-refractivity contribution >= 4 is 6.09 Å². The molecule has 1 amide bonds. The molecule has 4 heteroatoms. The normalized spacial score (nSPS) is 26.3. The molecule has 4 rings (SSSR count). The van der Waals surface area contributed by atoms with Crippen molar-refractivity contribution in [2.75, 3.05) is 0 Å².